The smallest absolute Gasteiger partial charge is 0.135 e. The summed E-state index contributed by atoms with van der Waals surface area (Å²) in [4.78, 5) is 2.39. The maximum atomic E-state index is 6.16. The first-order chi connectivity index (χ1) is 25.7. The maximum absolute atomic E-state index is 6.16. The third-order valence-corrected chi connectivity index (χ3v) is 10.2. The van der Waals surface area contributed by atoms with E-state index in [0.717, 1.165) is 50.1 Å². The highest BCUT2D eigenvalue weighted by atomic mass is 16.3. The van der Waals surface area contributed by atoms with Crippen LogP contribution in [-0.2, 0) is 0 Å². The summed E-state index contributed by atoms with van der Waals surface area (Å²) in [5.41, 5.74) is 12.1. The van der Waals surface area contributed by atoms with E-state index in [1.807, 2.05) is 12.1 Å². The summed E-state index contributed by atoms with van der Waals surface area (Å²) >= 11 is 0. The van der Waals surface area contributed by atoms with E-state index in [1.165, 1.54) is 43.8 Å². The second-order valence-corrected chi connectivity index (χ2v) is 13.4. The van der Waals surface area contributed by atoms with Crippen molar-refractivity contribution in [3.8, 4) is 33.4 Å². The summed E-state index contributed by atoms with van der Waals surface area (Å²) in [6, 6.07) is 71.9. The topological polar surface area (TPSA) is 16.4 Å². The summed E-state index contributed by atoms with van der Waals surface area (Å²) in [5.74, 6) is 0. The molecule has 244 valence electrons. The van der Waals surface area contributed by atoms with Gasteiger partial charge in [-0.15, -0.1) is 0 Å². The van der Waals surface area contributed by atoms with Crippen molar-refractivity contribution in [3.05, 3.63) is 200 Å². The Morgan fingerprint density at radius 2 is 0.885 bits per heavy atom. The molecule has 0 saturated carbocycles. The van der Waals surface area contributed by atoms with Gasteiger partial charge in [-0.25, -0.2) is 0 Å². The number of anilines is 3. The van der Waals surface area contributed by atoms with E-state index in [0.29, 0.717) is 0 Å². The van der Waals surface area contributed by atoms with Crippen molar-refractivity contribution in [2.24, 2.45) is 0 Å². The van der Waals surface area contributed by atoms with Crippen LogP contribution in [0, 0.1) is 0 Å². The molecule has 0 radical (unpaired) electrons. The minimum absolute atomic E-state index is 0.901. The summed E-state index contributed by atoms with van der Waals surface area (Å²) in [6.07, 6.45) is 0. The molecule has 1 heterocycles. The number of hydrogen-bond donors (Lipinski definition) is 0. The number of hydrogen-bond acceptors (Lipinski definition) is 2. The third-order valence-electron chi connectivity index (χ3n) is 10.2. The van der Waals surface area contributed by atoms with Gasteiger partial charge in [0.1, 0.15) is 11.2 Å². The lowest BCUT2D eigenvalue weighted by molar-refractivity contribution is 0.669. The van der Waals surface area contributed by atoms with Gasteiger partial charge in [0.2, 0.25) is 0 Å². The molecule has 10 rings (SSSR count). The van der Waals surface area contributed by atoms with Gasteiger partial charge in [0.05, 0.1) is 5.69 Å². The van der Waals surface area contributed by atoms with E-state index in [9.17, 15) is 0 Å². The highest BCUT2D eigenvalue weighted by molar-refractivity contribution is 6.06. The second kappa shape index (κ2) is 12.5. The molecule has 2 heteroatoms. The molecule has 52 heavy (non-hydrogen) atoms. The van der Waals surface area contributed by atoms with E-state index in [2.05, 4.69) is 193 Å². The lowest BCUT2D eigenvalue weighted by Crippen LogP contribution is -2.11. The molecule has 2 nitrogen and oxygen atoms in total. The fourth-order valence-electron chi connectivity index (χ4n) is 7.60. The van der Waals surface area contributed by atoms with E-state index < -0.39 is 0 Å². The quantitative estimate of drug-likeness (QED) is 0.176. The van der Waals surface area contributed by atoms with Crippen molar-refractivity contribution >= 4 is 60.5 Å². The molecule has 0 saturated heterocycles. The van der Waals surface area contributed by atoms with E-state index in [4.69, 9.17) is 4.42 Å². The van der Waals surface area contributed by atoms with Gasteiger partial charge in [0.25, 0.3) is 0 Å². The van der Waals surface area contributed by atoms with Crippen molar-refractivity contribution in [1.29, 1.82) is 0 Å². The van der Waals surface area contributed by atoms with Crippen molar-refractivity contribution in [1.82, 2.24) is 0 Å². The van der Waals surface area contributed by atoms with Crippen LogP contribution in [0.1, 0.15) is 0 Å². The largest absolute Gasteiger partial charge is 0.456 e. The predicted molar refractivity (Wildman–Crippen MR) is 220 cm³/mol. The molecule has 0 atom stereocenters. The highest BCUT2D eigenvalue weighted by Gasteiger charge is 2.19. The number of nitrogens with zero attached hydrogens (tertiary/aromatic N) is 1. The van der Waals surface area contributed by atoms with Crippen LogP contribution in [0.25, 0.3) is 76.9 Å². The van der Waals surface area contributed by atoms with E-state index in [-0.39, 0.29) is 0 Å². The van der Waals surface area contributed by atoms with Gasteiger partial charge in [-0.3, -0.25) is 0 Å². The zero-order chi connectivity index (χ0) is 34.4. The molecule has 0 unspecified atom stereocenters. The zero-order valence-electron chi connectivity index (χ0n) is 28.4. The molecule has 0 bridgehead atoms. The Hall–Kier alpha value is -6.90. The number of para-hydroxylation sites is 2. The number of rotatable bonds is 6. The standard InChI is InChI=1S/C50H33NO/c1-3-12-37-30-40(22-20-34(37)10-1)36-24-27-43(28-25-36)51(48-18-7-5-16-45(48)42-23-21-35-11-2-4-13-38(35)31-42)44-15-9-14-39(32-44)41-26-29-50-47(33-41)46-17-6-8-19-49(46)52-50/h1-33H. The molecule has 0 aliphatic rings. The number of benzene rings is 9. The minimum atomic E-state index is 0.901. The first-order valence-corrected chi connectivity index (χ1v) is 17.7. The van der Waals surface area contributed by atoms with E-state index in [1.54, 1.807) is 0 Å². The maximum Gasteiger partial charge on any atom is 0.135 e. The van der Waals surface area contributed by atoms with Crippen molar-refractivity contribution in [2.75, 3.05) is 4.90 Å². The number of fused-ring (bicyclic) bond motifs is 5. The van der Waals surface area contributed by atoms with Crippen molar-refractivity contribution < 1.29 is 4.42 Å². The Morgan fingerprint density at radius 1 is 0.308 bits per heavy atom. The van der Waals surface area contributed by atoms with Crippen LogP contribution < -0.4 is 4.90 Å². The van der Waals surface area contributed by atoms with Gasteiger partial charge in [0, 0.05) is 27.7 Å². The van der Waals surface area contributed by atoms with Gasteiger partial charge in [-0.2, -0.15) is 0 Å². The molecule has 0 N–H and O–H groups in total. The van der Waals surface area contributed by atoms with Crippen LogP contribution in [0.15, 0.2) is 205 Å². The molecule has 10 aromatic rings. The minimum Gasteiger partial charge on any atom is -0.456 e. The fraction of sp³-hybridized carbons (Fsp3) is 0. The molecule has 0 aliphatic heterocycles. The molecule has 1 aromatic heterocycles. The summed E-state index contributed by atoms with van der Waals surface area (Å²) < 4.78 is 6.16. The van der Waals surface area contributed by atoms with E-state index >= 15 is 0 Å². The van der Waals surface area contributed by atoms with Crippen molar-refractivity contribution in [2.45, 2.75) is 0 Å². The lowest BCUT2D eigenvalue weighted by atomic mass is 9.97. The molecule has 0 spiro atoms. The van der Waals surface area contributed by atoms with Crippen LogP contribution in [0.3, 0.4) is 0 Å². The lowest BCUT2D eigenvalue weighted by Gasteiger charge is -2.28. The SMILES string of the molecule is c1cc(-c2ccc3oc4ccccc4c3c2)cc(N(c2ccc(-c3ccc4ccccc4c3)cc2)c2ccccc2-c2ccc3ccccc3c2)c1. The normalized spacial score (nSPS) is 11.5. The fourth-order valence-corrected chi connectivity index (χ4v) is 7.60. The van der Waals surface area contributed by atoms with Crippen LogP contribution >= 0.6 is 0 Å². The van der Waals surface area contributed by atoms with Gasteiger partial charge in [-0.1, -0.05) is 140 Å². The molecular formula is C50H33NO. The second-order valence-electron chi connectivity index (χ2n) is 13.4. The average molecular weight is 664 g/mol. The Balaban J connectivity index is 1.12. The first-order valence-electron chi connectivity index (χ1n) is 17.7. The Bertz CT molecular complexity index is 2920. The highest BCUT2D eigenvalue weighted by Crippen LogP contribution is 2.43. The summed E-state index contributed by atoms with van der Waals surface area (Å²) in [7, 11) is 0. The molecule has 9 aromatic carbocycles. The molecular weight excluding hydrogens is 631 g/mol. The van der Waals surface area contributed by atoms with Gasteiger partial charge >= 0.3 is 0 Å². The van der Waals surface area contributed by atoms with Crippen molar-refractivity contribution in [3.63, 3.8) is 0 Å². The van der Waals surface area contributed by atoms with Gasteiger partial charge in [-0.05, 0) is 110 Å². The number of furan rings is 1. The predicted octanol–water partition coefficient (Wildman–Crippen LogP) is 14.4. The summed E-state index contributed by atoms with van der Waals surface area (Å²) in [5, 5.41) is 7.21. The van der Waals surface area contributed by atoms with Crippen LogP contribution in [0.2, 0.25) is 0 Å². The van der Waals surface area contributed by atoms with Crippen LogP contribution in [-0.4, -0.2) is 0 Å². The average Bonchev–Trinajstić information content (AvgIpc) is 3.59. The molecule has 0 aliphatic carbocycles. The molecule has 0 amide bonds. The monoisotopic (exact) mass is 663 g/mol. The van der Waals surface area contributed by atoms with Gasteiger partial charge < -0.3 is 9.32 Å². The molecule has 0 fully saturated rings. The van der Waals surface area contributed by atoms with Crippen LogP contribution in [0.5, 0.6) is 0 Å². The summed E-state index contributed by atoms with van der Waals surface area (Å²) in [6.45, 7) is 0. The Labute approximate surface area is 302 Å². The van der Waals surface area contributed by atoms with Gasteiger partial charge in [0.15, 0.2) is 0 Å². The Morgan fingerprint density at radius 3 is 1.69 bits per heavy atom. The third kappa shape index (κ3) is 5.30. The Kier molecular flexibility index (Phi) is 7.18. The zero-order valence-corrected chi connectivity index (χ0v) is 28.4. The first kappa shape index (κ1) is 30.0. The van der Waals surface area contributed by atoms with Crippen LogP contribution in [0.4, 0.5) is 17.1 Å².